The minimum atomic E-state index is -0.530. The van der Waals surface area contributed by atoms with Crippen LogP contribution in [0.1, 0.15) is 15.9 Å². The summed E-state index contributed by atoms with van der Waals surface area (Å²) in [7, 11) is 0. The summed E-state index contributed by atoms with van der Waals surface area (Å²) >= 11 is 11.1. The molecule has 23 heavy (non-hydrogen) atoms. The Balaban J connectivity index is 1.91. The topological polar surface area (TPSA) is 84.3 Å². The van der Waals surface area contributed by atoms with Crippen LogP contribution >= 0.6 is 23.8 Å². The van der Waals surface area contributed by atoms with Gasteiger partial charge < -0.3 is 5.32 Å². The fourth-order valence-electron chi connectivity index (χ4n) is 1.77. The van der Waals surface area contributed by atoms with Crippen LogP contribution in [0.15, 0.2) is 48.5 Å². The Kier molecular flexibility index (Phi) is 5.61. The molecule has 0 aliphatic heterocycles. The molecule has 0 heterocycles. The second kappa shape index (κ2) is 7.66. The van der Waals surface area contributed by atoms with Gasteiger partial charge >= 0.3 is 0 Å². The number of benzene rings is 2. The van der Waals surface area contributed by atoms with E-state index in [4.69, 9.17) is 23.8 Å². The minimum absolute atomic E-state index is 0.0824. The standard InChI is InChI=1S/C15H12ClN3O3S/c16-13-4-2-1-3-11(13)9-17-15(23)18-14(20)10-5-7-12(8-6-10)19(21)22/h1-8H,9H2,(H2,17,18,20,23). The van der Waals surface area contributed by atoms with Gasteiger partial charge in [0.05, 0.1) is 4.92 Å². The quantitative estimate of drug-likeness (QED) is 0.503. The van der Waals surface area contributed by atoms with Gasteiger partial charge in [-0.1, -0.05) is 29.8 Å². The first-order valence-electron chi connectivity index (χ1n) is 6.54. The third-order valence-corrected chi connectivity index (χ3v) is 3.58. The molecule has 8 heteroatoms. The van der Waals surface area contributed by atoms with Gasteiger partial charge in [-0.25, -0.2) is 0 Å². The van der Waals surface area contributed by atoms with E-state index in [2.05, 4.69) is 10.6 Å². The number of non-ortho nitro benzene ring substituents is 1. The smallest absolute Gasteiger partial charge is 0.269 e. The molecule has 6 nitrogen and oxygen atoms in total. The normalized spacial score (nSPS) is 9.96. The Morgan fingerprint density at radius 3 is 2.43 bits per heavy atom. The summed E-state index contributed by atoms with van der Waals surface area (Å²) in [4.78, 5) is 22.0. The zero-order valence-corrected chi connectivity index (χ0v) is 13.4. The van der Waals surface area contributed by atoms with E-state index in [9.17, 15) is 14.9 Å². The van der Waals surface area contributed by atoms with Crippen LogP contribution in [-0.4, -0.2) is 15.9 Å². The van der Waals surface area contributed by atoms with Crippen molar-refractivity contribution in [3.05, 3.63) is 74.8 Å². The van der Waals surface area contributed by atoms with Crippen molar-refractivity contribution in [1.29, 1.82) is 0 Å². The second-order valence-electron chi connectivity index (χ2n) is 4.53. The molecule has 0 radical (unpaired) electrons. The molecule has 0 aliphatic carbocycles. The van der Waals surface area contributed by atoms with Gasteiger partial charge in [0.25, 0.3) is 11.6 Å². The fourth-order valence-corrected chi connectivity index (χ4v) is 2.14. The maximum absolute atomic E-state index is 12.0. The fraction of sp³-hybridized carbons (Fsp3) is 0.0667. The second-order valence-corrected chi connectivity index (χ2v) is 5.35. The van der Waals surface area contributed by atoms with Crippen LogP contribution < -0.4 is 10.6 Å². The van der Waals surface area contributed by atoms with Gasteiger partial charge in [-0.3, -0.25) is 20.2 Å². The van der Waals surface area contributed by atoms with Crippen LogP contribution in [-0.2, 0) is 6.54 Å². The van der Waals surface area contributed by atoms with Gasteiger partial charge in [0, 0.05) is 29.3 Å². The number of nitro benzene ring substituents is 1. The Morgan fingerprint density at radius 1 is 1.17 bits per heavy atom. The summed E-state index contributed by atoms with van der Waals surface area (Å²) in [5, 5.41) is 16.7. The van der Waals surface area contributed by atoms with E-state index >= 15 is 0 Å². The molecule has 0 atom stereocenters. The zero-order valence-electron chi connectivity index (χ0n) is 11.8. The maximum Gasteiger partial charge on any atom is 0.269 e. The maximum atomic E-state index is 12.0. The van der Waals surface area contributed by atoms with Crippen LogP contribution in [0, 0.1) is 10.1 Å². The minimum Gasteiger partial charge on any atom is -0.358 e. The number of nitrogens with one attached hydrogen (secondary N) is 2. The number of thiocarbonyl (C=S) groups is 1. The first kappa shape index (κ1) is 16.9. The molecule has 0 fully saturated rings. The van der Waals surface area contributed by atoms with Crippen LogP contribution in [0.4, 0.5) is 5.69 Å². The Morgan fingerprint density at radius 2 is 1.83 bits per heavy atom. The largest absolute Gasteiger partial charge is 0.358 e. The monoisotopic (exact) mass is 349 g/mol. The predicted molar refractivity (Wildman–Crippen MR) is 91.5 cm³/mol. The van der Waals surface area contributed by atoms with Crippen molar-refractivity contribution in [2.75, 3.05) is 0 Å². The molecule has 0 aliphatic rings. The number of hydrogen-bond acceptors (Lipinski definition) is 4. The number of carbonyl (C=O) groups is 1. The van der Waals surface area contributed by atoms with Crippen LogP contribution in [0.5, 0.6) is 0 Å². The SMILES string of the molecule is O=C(NC(=S)NCc1ccccc1Cl)c1ccc([N+](=O)[O-])cc1. The number of hydrogen-bond donors (Lipinski definition) is 2. The molecule has 1 amide bonds. The summed E-state index contributed by atoms with van der Waals surface area (Å²) in [6, 6.07) is 12.5. The van der Waals surface area contributed by atoms with E-state index in [1.807, 2.05) is 18.2 Å². The predicted octanol–water partition coefficient (Wildman–Crippen LogP) is 3.05. The molecule has 2 aromatic rings. The number of amides is 1. The van der Waals surface area contributed by atoms with Crippen molar-refractivity contribution in [2.24, 2.45) is 0 Å². The molecule has 118 valence electrons. The van der Waals surface area contributed by atoms with Gasteiger partial charge in [-0.15, -0.1) is 0 Å². The lowest BCUT2D eigenvalue weighted by Gasteiger charge is -2.10. The van der Waals surface area contributed by atoms with Gasteiger partial charge in [0.15, 0.2) is 5.11 Å². The highest BCUT2D eigenvalue weighted by Gasteiger charge is 2.10. The molecule has 2 rings (SSSR count). The highest BCUT2D eigenvalue weighted by atomic mass is 35.5. The van der Waals surface area contributed by atoms with Gasteiger partial charge in [0.2, 0.25) is 0 Å². The Labute approximate surface area is 142 Å². The van der Waals surface area contributed by atoms with Crippen molar-refractivity contribution in [3.8, 4) is 0 Å². The lowest BCUT2D eigenvalue weighted by molar-refractivity contribution is -0.384. The van der Waals surface area contributed by atoms with Crippen molar-refractivity contribution >= 4 is 40.5 Å². The van der Waals surface area contributed by atoms with Crippen molar-refractivity contribution in [2.45, 2.75) is 6.54 Å². The average molecular weight is 350 g/mol. The van der Waals surface area contributed by atoms with Crippen molar-refractivity contribution in [1.82, 2.24) is 10.6 Å². The third-order valence-electron chi connectivity index (χ3n) is 2.96. The lowest BCUT2D eigenvalue weighted by Crippen LogP contribution is -2.38. The first-order valence-corrected chi connectivity index (χ1v) is 7.33. The van der Waals surface area contributed by atoms with Gasteiger partial charge in [-0.2, -0.15) is 0 Å². The number of carbonyl (C=O) groups excluding carboxylic acids is 1. The van der Waals surface area contributed by atoms with E-state index in [0.29, 0.717) is 11.6 Å². The number of nitro groups is 1. The average Bonchev–Trinajstić information content (AvgIpc) is 2.54. The zero-order chi connectivity index (χ0) is 16.8. The Hall–Kier alpha value is -2.51. The summed E-state index contributed by atoms with van der Waals surface area (Å²) in [6.07, 6.45) is 0. The van der Waals surface area contributed by atoms with Crippen molar-refractivity contribution < 1.29 is 9.72 Å². The van der Waals surface area contributed by atoms with Crippen LogP contribution in [0.25, 0.3) is 0 Å². The summed E-state index contributed by atoms with van der Waals surface area (Å²) in [5.41, 5.74) is 1.04. The van der Waals surface area contributed by atoms with E-state index < -0.39 is 10.8 Å². The number of rotatable bonds is 4. The summed E-state index contributed by atoms with van der Waals surface area (Å²) < 4.78 is 0. The number of halogens is 1. The number of nitrogens with zero attached hydrogens (tertiary/aromatic N) is 1. The van der Waals surface area contributed by atoms with E-state index in [1.54, 1.807) is 6.07 Å². The molecule has 2 N–H and O–H groups in total. The van der Waals surface area contributed by atoms with E-state index in [1.165, 1.54) is 24.3 Å². The molecule has 0 bridgehead atoms. The molecular weight excluding hydrogens is 338 g/mol. The van der Waals surface area contributed by atoms with Crippen LogP contribution in [0.3, 0.4) is 0 Å². The molecule has 0 saturated carbocycles. The molecule has 2 aromatic carbocycles. The summed E-state index contributed by atoms with van der Waals surface area (Å²) in [6.45, 7) is 0.374. The van der Waals surface area contributed by atoms with Crippen LogP contribution in [0.2, 0.25) is 5.02 Å². The molecule has 0 unspecified atom stereocenters. The van der Waals surface area contributed by atoms with Gasteiger partial charge in [-0.05, 0) is 36.0 Å². The van der Waals surface area contributed by atoms with E-state index in [0.717, 1.165) is 5.56 Å². The van der Waals surface area contributed by atoms with Gasteiger partial charge in [0.1, 0.15) is 0 Å². The molecule has 0 spiro atoms. The van der Waals surface area contributed by atoms with Crippen molar-refractivity contribution in [3.63, 3.8) is 0 Å². The molecule has 0 saturated heterocycles. The highest BCUT2D eigenvalue weighted by Crippen LogP contribution is 2.14. The highest BCUT2D eigenvalue weighted by molar-refractivity contribution is 7.80. The first-order chi connectivity index (χ1) is 11.0. The third kappa shape index (κ3) is 4.73. The molecule has 0 aromatic heterocycles. The lowest BCUT2D eigenvalue weighted by atomic mass is 10.2. The van der Waals surface area contributed by atoms with E-state index in [-0.39, 0.29) is 16.4 Å². The summed E-state index contributed by atoms with van der Waals surface area (Å²) in [5.74, 6) is -0.448. The molecular formula is C15H12ClN3O3S. The Bertz CT molecular complexity index is 750.